The summed E-state index contributed by atoms with van der Waals surface area (Å²) in [7, 11) is 0. The van der Waals surface area contributed by atoms with Crippen molar-refractivity contribution in [3.8, 4) is 5.75 Å². The lowest BCUT2D eigenvalue weighted by Crippen LogP contribution is -2.12. The van der Waals surface area contributed by atoms with Gasteiger partial charge in [0, 0.05) is 10.4 Å². The third-order valence-electron chi connectivity index (χ3n) is 5.78. The van der Waals surface area contributed by atoms with Crippen LogP contribution in [0, 0.1) is 6.92 Å². The summed E-state index contributed by atoms with van der Waals surface area (Å²) in [6, 6.07) is 24.5. The Labute approximate surface area is 200 Å². The first-order valence-corrected chi connectivity index (χ1v) is 12.6. The summed E-state index contributed by atoms with van der Waals surface area (Å²) in [6.07, 6.45) is 5.48. The molecule has 0 saturated heterocycles. The maximum absolute atomic E-state index is 13.3. The number of aryl methyl sites for hydroxylation is 1. The van der Waals surface area contributed by atoms with Crippen LogP contribution in [0.5, 0.6) is 5.75 Å². The molecule has 0 aliphatic heterocycles. The van der Waals surface area contributed by atoms with Crippen molar-refractivity contribution in [2.45, 2.75) is 46.0 Å². The first-order chi connectivity index (χ1) is 16.1. The number of amides is 1. The van der Waals surface area contributed by atoms with Crippen LogP contribution >= 0.6 is 11.3 Å². The highest BCUT2D eigenvalue weighted by atomic mass is 32.1. The van der Waals surface area contributed by atoms with Crippen LogP contribution in [-0.4, -0.2) is 12.5 Å². The van der Waals surface area contributed by atoms with Crippen molar-refractivity contribution >= 4 is 33.0 Å². The molecule has 4 aromatic rings. The molecule has 0 atom stereocenters. The zero-order valence-electron chi connectivity index (χ0n) is 19.4. The van der Waals surface area contributed by atoms with E-state index in [9.17, 15) is 4.79 Å². The molecule has 3 nitrogen and oxygen atoms in total. The lowest BCUT2D eigenvalue weighted by Gasteiger charge is -2.09. The fraction of sp³-hybridized carbons (Fsp3) is 0.276. The molecule has 0 spiro atoms. The van der Waals surface area contributed by atoms with E-state index in [1.54, 1.807) is 11.3 Å². The molecule has 1 amide bonds. The molecule has 0 fully saturated rings. The van der Waals surface area contributed by atoms with Crippen LogP contribution in [0.25, 0.3) is 10.1 Å². The van der Waals surface area contributed by atoms with Crippen LogP contribution in [0.4, 0.5) is 5.69 Å². The van der Waals surface area contributed by atoms with E-state index in [1.165, 1.54) is 30.4 Å². The normalized spacial score (nSPS) is 11.0. The topological polar surface area (TPSA) is 38.3 Å². The number of hydrogen-bond acceptors (Lipinski definition) is 3. The van der Waals surface area contributed by atoms with Crippen molar-refractivity contribution in [3.63, 3.8) is 0 Å². The number of hydrogen-bond donors (Lipinski definition) is 1. The molecule has 0 aliphatic rings. The minimum Gasteiger partial charge on any atom is -0.494 e. The number of anilines is 1. The van der Waals surface area contributed by atoms with E-state index in [4.69, 9.17) is 4.74 Å². The summed E-state index contributed by atoms with van der Waals surface area (Å²) in [6.45, 7) is 5.03. The van der Waals surface area contributed by atoms with Gasteiger partial charge in [-0.2, -0.15) is 0 Å². The Bertz CT molecular complexity index is 1190. The molecule has 0 bridgehead atoms. The average Bonchev–Trinajstić information content (AvgIpc) is 3.20. The van der Waals surface area contributed by atoms with Gasteiger partial charge in [0.1, 0.15) is 5.75 Å². The fourth-order valence-corrected chi connectivity index (χ4v) is 5.03. The summed E-state index contributed by atoms with van der Waals surface area (Å²) < 4.78 is 6.96. The van der Waals surface area contributed by atoms with Crippen LogP contribution in [0.2, 0.25) is 0 Å². The highest BCUT2D eigenvalue weighted by Gasteiger charge is 2.19. The van der Waals surface area contributed by atoms with Crippen LogP contribution in [0.1, 0.15) is 59.0 Å². The molecule has 1 aromatic heterocycles. The van der Waals surface area contributed by atoms with Gasteiger partial charge in [-0.15, -0.1) is 11.3 Å². The lowest BCUT2D eigenvalue weighted by atomic mass is 10.0. The maximum Gasteiger partial charge on any atom is 0.266 e. The minimum atomic E-state index is -0.0634. The largest absolute Gasteiger partial charge is 0.494 e. The van der Waals surface area contributed by atoms with E-state index < -0.39 is 0 Å². The number of carbonyl (C=O) groups is 1. The quantitative estimate of drug-likeness (QED) is 0.245. The van der Waals surface area contributed by atoms with E-state index in [2.05, 4.69) is 55.6 Å². The third-order valence-corrected chi connectivity index (χ3v) is 7.00. The number of fused-ring (bicyclic) bond motifs is 1. The molecular weight excluding hydrogens is 426 g/mol. The molecule has 0 unspecified atom stereocenters. The van der Waals surface area contributed by atoms with Gasteiger partial charge < -0.3 is 10.1 Å². The molecular formula is C29H31NO2S. The average molecular weight is 458 g/mol. The third kappa shape index (κ3) is 6.02. The van der Waals surface area contributed by atoms with Crippen LogP contribution in [0.3, 0.4) is 0 Å². The molecule has 0 saturated carbocycles. The lowest BCUT2D eigenvalue weighted by molar-refractivity contribution is 0.103. The van der Waals surface area contributed by atoms with Gasteiger partial charge in [-0.25, -0.2) is 0 Å². The van der Waals surface area contributed by atoms with Crippen molar-refractivity contribution in [1.82, 2.24) is 0 Å². The Kier molecular flexibility index (Phi) is 7.79. The minimum absolute atomic E-state index is 0.0634. The molecule has 3 aromatic carbocycles. The highest BCUT2D eigenvalue weighted by Crippen LogP contribution is 2.33. The first kappa shape index (κ1) is 23.1. The van der Waals surface area contributed by atoms with Crippen molar-refractivity contribution < 1.29 is 9.53 Å². The summed E-state index contributed by atoms with van der Waals surface area (Å²) >= 11 is 1.56. The predicted molar refractivity (Wildman–Crippen MR) is 140 cm³/mol. The number of ether oxygens (including phenoxy) is 1. The van der Waals surface area contributed by atoms with Gasteiger partial charge in [-0.1, -0.05) is 74.2 Å². The number of unbranched alkanes of at least 4 members (excludes halogenated alkanes) is 3. The summed E-state index contributed by atoms with van der Waals surface area (Å²) in [4.78, 5) is 14.0. The Hall–Kier alpha value is -3.11. The summed E-state index contributed by atoms with van der Waals surface area (Å²) in [5, 5.41) is 4.23. The second-order valence-corrected chi connectivity index (χ2v) is 9.51. The van der Waals surface area contributed by atoms with Crippen molar-refractivity contribution in [1.29, 1.82) is 0 Å². The molecule has 4 rings (SSSR count). The van der Waals surface area contributed by atoms with Crippen LogP contribution in [-0.2, 0) is 6.42 Å². The van der Waals surface area contributed by atoms with Gasteiger partial charge in [0.25, 0.3) is 5.91 Å². The molecule has 1 N–H and O–H groups in total. The zero-order valence-corrected chi connectivity index (χ0v) is 20.2. The summed E-state index contributed by atoms with van der Waals surface area (Å²) in [5.41, 5.74) is 4.31. The van der Waals surface area contributed by atoms with Gasteiger partial charge in [0.15, 0.2) is 0 Å². The Morgan fingerprint density at radius 2 is 1.67 bits per heavy atom. The molecule has 170 valence electrons. The Morgan fingerprint density at radius 3 is 2.42 bits per heavy atom. The number of benzene rings is 3. The van der Waals surface area contributed by atoms with E-state index in [1.807, 2.05) is 36.4 Å². The molecule has 1 heterocycles. The highest BCUT2D eigenvalue weighted by molar-refractivity contribution is 7.21. The van der Waals surface area contributed by atoms with Gasteiger partial charge in [-0.3, -0.25) is 4.79 Å². The van der Waals surface area contributed by atoms with Gasteiger partial charge >= 0.3 is 0 Å². The molecule has 0 aliphatic carbocycles. The monoisotopic (exact) mass is 457 g/mol. The van der Waals surface area contributed by atoms with Crippen LogP contribution in [0.15, 0.2) is 72.8 Å². The van der Waals surface area contributed by atoms with E-state index in [0.29, 0.717) is 0 Å². The second-order valence-electron chi connectivity index (χ2n) is 8.46. The van der Waals surface area contributed by atoms with Gasteiger partial charge in [0.2, 0.25) is 0 Å². The number of carbonyl (C=O) groups excluding carboxylic acids is 1. The smallest absolute Gasteiger partial charge is 0.266 e. The molecule has 4 heteroatoms. The predicted octanol–water partition coefficient (Wildman–Crippen LogP) is 8.01. The molecule has 33 heavy (non-hydrogen) atoms. The SMILES string of the molecule is CCCCCCOc1ccc(NC(=O)c2sc3ccccc3c2Cc2ccc(C)cc2)cc1. The van der Waals surface area contributed by atoms with Crippen LogP contribution < -0.4 is 10.1 Å². The second kappa shape index (κ2) is 11.2. The van der Waals surface area contributed by atoms with Gasteiger partial charge in [-0.05, 0) is 66.6 Å². The first-order valence-electron chi connectivity index (χ1n) is 11.7. The van der Waals surface area contributed by atoms with Crippen molar-refractivity contribution in [2.24, 2.45) is 0 Å². The standard InChI is InChI=1S/C29H31NO2S/c1-3-4-5-8-19-32-24-17-15-23(16-18-24)30-29(31)28-26(20-22-13-11-21(2)12-14-22)25-9-6-7-10-27(25)33-28/h6-7,9-18H,3-5,8,19-20H2,1-2H3,(H,30,31). The van der Waals surface area contributed by atoms with Crippen molar-refractivity contribution in [2.75, 3.05) is 11.9 Å². The number of nitrogens with one attached hydrogen (secondary N) is 1. The van der Waals surface area contributed by atoms with Crippen molar-refractivity contribution in [3.05, 3.63) is 94.4 Å². The van der Waals surface area contributed by atoms with E-state index in [-0.39, 0.29) is 5.91 Å². The van der Waals surface area contributed by atoms with E-state index >= 15 is 0 Å². The number of thiophene rings is 1. The molecule has 0 radical (unpaired) electrons. The van der Waals surface area contributed by atoms with E-state index in [0.717, 1.165) is 51.4 Å². The summed E-state index contributed by atoms with van der Waals surface area (Å²) in [5.74, 6) is 0.776. The fourth-order valence-electron chi connectivity index (χ4n) is 3.91. The zero-order chi connectivity index (χ0) is 23.0. The number of rotatable bonds is 10. The Morgan fingerprint density at radius 1 is 0.909 bits per heavy atom. The maximum atomic E-state index is 13.3. The van der Waals surface area contributed by atoms with Gasteiger partial charge in [0.05, 0.1) is 11.5 Å². The Balaban J connectivity index is 1.48.